The lowest BCUT2D eigenvalue weighted by Gasteiger charge is -2.40. The molecule has 0 spiro atoms. The summed E-state index contributed by atoms with van der Waals surface area (Å²) < 4.78 is 5.22. The molecule has 1 aliphatic rings. The molecule has 0 N–H and O–H groups in total. The van der Waals surface area contributed by atoms with Gasteiger partial charge in [0, 0.05) is 11.4 Å². The number of hydrogen-bond donors (Lipinski definition) is 0. The number of ether oxygens (including phenoxy) is 1. The molecule has 5 heteroatoms. The van der Waals surface area contributed by atoms with E-state index in [4.69, 9.17) is 4.74 Å². The highest BCUT2D eigenvalue weighted by molar-refractivity contribution is 6.14. The topological polar surface area (TPSA) is 49.9 Å². The van der Waals surface area contributed by atoms with Crippen molar-refractivity contribution in [1.29, 1.82) is 0 Å². The number of nitrogens with zero attached hydrogens (tertiary/aromatic N) is 2. The molecule has 1 aliphatic heterocycles. The number of aryl methyl sites for hydroxylation is 1. The first-order chi connectivity index (χ1) is 14.1. The summed E-state index contributed by atoms with van der Waals surface area (Å²) in [6.45, 7) is 1.99. The Hall–Kier alpha value is -3.60. The monoisotopic (exact) mass is 386 g/mol. The normalized spacial score (nSPS) is 16.8. The molecule has 1 fully saturated rings. The van der Waals surface area contributed by atoms with Crippen molar-refractivity contribution in [1.82, 2.24) is 0 Å². The standard InChI is InChI=1S/C24H22N2O3/c1-17-8-10-19(11-9-17)25-16-22(27)26(20-12-14-21(29-2)15-13-20)23(24(25)28)18-6-4-3-5-7-18/h3-15,23H,16H2,1-2H3. The van der Waals surface area contributed by atoms with Gasteiger partial charge in [-0.3, -0.25) is 14.5 Å². The van der Waals surface area contributed by atoms with Crippen molar-refractivity contribution < 1.29 is 14.3 Å². The second kappa shape index (κ2) is 7.80. The average molecular weight is 386 g/mol. The minimum absolute atomic E-state index is 0.00272. The summed E-state index contributed by atoms with van der Waals surface area (Å²) in [5.74, 6) is 0.432. The number of hydrogen-bond acceptors (Lipinski definition) is 3. The lowest BCUT2D eigenvalue weighted by atomic mass is 9.99. The van der Waals surface area contributed by atoms with E-state index < -0.39 is 6.04 Å². The first-order valence-corrected chi connectivity index (χ1v) is 9.47. The summed E-state index contributed by atoms with van der Waals surface area (Å²) in [5.41, 5.74) is 3.27. The molecule has 1 atom stereocenters. The van der Waals surface area contributed by atoms with Crippen LogP contribution in [-0.4, -0.2) is 25.5 Å². The molecule has 4 rings (SSSR count). The molecule has 5 nitrogen and oxygen atoms in total. The lowest BCUT2D eigenvalue weighted by molar-refractivity contribution is -0.128. The van der Waals surface area contributed by atoms with Crippen molar-refractivity contribution in [3.8, 4) is 5.75 Å². The van der Waals surface area contributed by atoms with E-state index >= 15 is 0 Å². The Morgan fingerprint density at radius 3 is 2.07 bits per heavy atom. The van der Waals surface area contributed by atoms with Crippen LogP contribution in [0.2, 0.25) is 0 Å². The highest BCUT2D eigenvalue weighted by Gasteiger charge is 2.41. The maximum atomic E-state index is 13.6. The van der Waals surface area contributed by atoms with Gasteiger partial charge in [0.25, 0.3) is 5.91 Å². The number of anilines is 2. The van der Waals surface area contributed by atoms with E-state index in [0.29, 0.717) is 11.4 Å². The van der Waals surface area contributed by atoms with Gasteiger partial charge in [-0.15, -0.1) is 0 Å². The highest BCUT2D eigenvalue weighted by Crippen LogP contribution is 2.35. The molecule has 0 aromatic heterocycles. The third kappa shape index (κ3) is 3.59. The number of piperazine rings is 1. The third-order valence-electron chi connectivity index (χ3n) is 5.13. The molecule has 3 aromatic carbocycles. The summed E-state index contributed by atoms with van der Waals surface area (Å²) in [7, 11) is 1.59. The number of rotatable bonds is 4. The van der Waals surface area contributed by atoms with Crippen LogP contribution in [0.5, 0.6) is 5.75 Å². The molecule has 0 aliphatic carbocycles. The fraction of sp³-hybridized carbons (Fsp3) is 0.167. The van der Waals surface area contributed by atoms with Crippen LogP contribution >= 0.6 is 0 Å². The number of carbonyl (C=O) groups excluding carboxylic acids is 2. The van der Waals surface area contributed by atoms with Gasteiger partial charge in [-0.2, -0.15) is 0 Å². The van der Waals surface area contributed by atoms with Crippen molar-refractivity contribution in [3.63, 3.8) is 0 Å². The molecular weight excluding hydrogens is 364 g/mol. The van der Waals surface area contributed by atoms with Crippen molar-refractivity contribution in [2.45, 2.75) is 13.0 Å². The Morgan fingerprint density at radius 1 is 0.828 bits per heavy atom. The van der Waals surface area contributed by atoms with Gasteiger partial charge in [-0.25, -0.2) is 0 Å². The van der Waals surface area contributed by atoms with Gasteiger partial charge in [-0.1, -0.05) is 48.0 Å². The Balaban J connectivity index is 1.78. The molecule has 29 heavy (non-hydrogen) atoms. The quantitative estimate of drug-likeness (QED) is 0.678. The Kier molecular flexibility index (Phi) is 5.04. The molecule has 1 unspecified atom stereocenters. The lowest BCUT2D eigenvalue weighted by Crippen LogP contribution is -2.56. The van der Waals surface area contributed by atoms with E-state index in [0.717, 1.165) is 16.8 Å². The zero-order valence-corrected chi connectivity index (χ0v) is 16.4. The van der Waals surface area contributed by atoms with Crippen LogP contribution in [0.1, 0.15) is 17.2 Å². The summed E-state index contributed by atoms with van der Waals surface area (Å²) in [6, 6.07) is 23.5. The third-order valence-corrected chi connectivity index (χ3v) is 5.13. The van der Waals surface area contributed by atoms with Gasteiger partial charge < -0.3 is 9.64 Å². The van der Waals surface area contributed by atoms with Crippen molar-refractivity contribution in [3.05, 3.63) is 90.0 Å². The van der Waals surface area contributed by atoms with Gasteiger partial charge in [0.2, 0.25) is 5.91 Å². The van der Waals surface area contributed by atoms with Crippen LogP contribution in [0.25, 0.3) is 0 Å². The molecule has 0 radical (unpaired) electrons. The molecule has 0 saturated carbocycles. The van der Waals surface area contributed by atoms with Crippen molar-refractivity contribution in [2.24, 2.45) is 0 Å². The molecule has 1 heterocycles. The van der Waals surface area contributed by atoms with Crippen LogP contribution in [0.15, 0.2) is 78.9 Å². The SMILES string of the molecule is COc1ccc(N2C(=O)CN(c3ccc(C)cc3)C(=O)C2c2ccccc2)cc1. The van der Waals surface area contributed by atoms with Crippen LogP contribution in [0.3, 0.4) is 0 Å². The van der Waals surface area contributed by atoms with Crippen molar-refractivity contribution >= 4 is 23.2 Å². The minimum atomic E-state index is -0.729. The molecule has 0 bridgehead atoms. The van der Waals surface area contributed by atoms with Crippen molar-refractivity contribution in [2.75, 3.05) is 23.5 Å². The summed E-state index contributed by atoms with van der Waals surface area (Å²) in [5, 5.41) is 0. The maximum absolute atomic E-state index is 13.6. The zero-order valence-electron chi connectivity index (χ0n) is 16.4. The molecule has 2 amide bonds. The highest BCUT2D eigenvalue weighted by atomic mass is 16.5. The largest absolute Gasteiger partial charge is 0.497 e. The Morgan fingerprint density at radius 2 is 1.45 bits per heavy atom. The van der Waals surface area contributed by atoms with Crippen LogP contribution < -0.4 is 14.5 Å². The number of methoxy groups -OCH3 is 1. The van der Waals surface area contributed by atoms with Gasteiger partial charge >= 0.3 is 0 Å². The fourth-order valence-electron chi connectivity index (χ4n) is 3.60. The molecule has 146 valence electrons. The Labute approximate surface area is 170 Å². The van der Waals surface area contributed by atoms with E-state index in [1.807, 2.05) is 73.7 Å². The Bertz CT molecular complexity index is 1010. The average Bonchev–Trinajstić information content (AvgIpc) is 2.76. The van der Waals surface area contributed by atoms with Crippen LogP contribution in [0.4, 0.5) is 11.4 Å². The summed E-state index contributed by atoms with van der Waals surface area (Å²) >= 11 is 0. The maximum Gasteiger partial charge on any atom is 0.255 e. The summed E-state index contributed by atoms with van der Waals surface area (Å²) in [4.78, 5) is 30.0. The van der Waals surface area contributed by atoms with Crippen LogP contribution in [0, 0.1) is 6.92 Å². The van der Waals surface area contributed by atoms with E-state index in [2.05, 4.69) is 0 Å². The number of amides is 2. The second-order valence-corrected chi connectivity index (χ2v) is 7.03. The van der Waals surface area contributed by atoms with E-state index in [1.165, 1.54) is 0 Å². The number of benzene rings is 3. The van der Waals surface area contributed by atoms with Gasteiger partial charge in [0.05, 0.1) is 7.11 Å². The van der Waals surface area contributed by atoms with Crippen LogP contribution in [-0.2, 0) is 9.59 Å². The van der Waals surface area contributed by atoms with Gasteiger partial charge in [0.1, 0.15) is 18.3 Å². The first kappa shape index (κ1) is 18.7. The van der Waals surface area contributed by atoms with Gasteiger partial charge in [-0.05, 0) is 48.9 Å². The van der Waals surface area contributed by atoms with E-state index in [1.54, 1.807) is 29.0 Å². The smallest absolute Gasteiger partial charge is 0.255 e. The molecular formula is C24H22N2O3. The molecule has 3 aromatic rings. The minimum Gasteiger partial charge on any atom is -0.497 e. The number of carbonyl (C=O) groups is 2. The second-order valence-electron chi connectivity index (χ2n) is 7.03. The fourth-order valence-corrected chi connectivity index (χ4v) is 3.60. The van der Waals surface area contributed by atoms with E-state index in [-0.39, 0.29) is 18.4 Å². The predicted molar refractivity (Wildman–Crippen MR) is 113 cm³/mol. The van der Waals surface area contributed by atoms with E-state index in [9.17, 15) is 9.59 Å². The predicted octanol–water partition coefficient (Wildman–Crippen LogP) is 4.12. The zero-order chi connectivity index (χ0) is 20.4. The van der Waals surface area contributed by atoms with Gasteiger partial charge in [0.15, 0.2) is 0 Å². The summed E-state index contributed by atoms with van der Waals surface area (Å²) in [6.07, 6.45) is 0. The molecule has 1 saturated heterocycles. The first-order valence-electron chi connectivity index (χ1n) is 9.47.